The molecule has 3 rings (SSSR count). The molecule has 0 aromatic heterocycles. The number of benzene rings is 1. The van der Waals surface area contributed by atoms with Crippen LogP contribution in [0.5, 0.6) is 0 Å². The van der Waals surface area contributed by atoms with E-state index >= 15 is 0 Å². The first kappa shape index (κ1) is 18.1. The average Bonchev–Trinajstić information content (AvgIpc) is 3.03. The number of hydrogen-bond donors (Lipinski definition) is 0. The van der Waals surface area contributed by atoms with Gasteiger partial charge in [-0.25, -0.2) is 4.21 Å². The van der Waals surface area contributed by atoms with Gasteiger partial charge >= 0.3 is 5.97 Å². The summed E-state index contributed by atoms with van der Waals surface area (Å²) < 4.78 is 18.1. The van der Waals surface area contributed by atoms with E-state index in [1.165, 1.54) is 7.11 Å². The Morgan fingerprint density at radius 1 is 1.29 bits per heavy atom. The molecule has 24 heavy (non-hydrogen) atoms. The lowest BCUT2D eigenvalue weighted by Crippen LogP contribution is -2.29. The van der Waals surface area contributed by atoms with Crippen LogP contribution in [0.4, 0.5) is 0 Å². The molecule has 1 heterocycles. The van der Waals surface area contributed by atoms with E-state index in [1.54, 1.807) is 0 Å². The Morgan fingerprint density at radius 2 is 1.96 bits per heavy atom. The summed E-state index contributed by atoms with van der Waals surface area (Å²) in [7, 11) is 0.208. The van der Waals surface area contributed by atoms with Crippen molar-refractivity contribution in [1.29, 1.82) is 0 Å². The van der Waals surface area contributed by atoms with Crippen LogP contribution in [0.3, 0.4) is 0 Å². The third-order valence-electron chi connectivity index (χ3n) is 4.48. The first-order valence-corrected chi connectivity index (χ1v) is 11.2. The number of esters is 1. The molecule has 6 heteroatoms. The smallest absolute Gasteiger partial charge is 0.306 e. The lowest BCUT2D eigenvalue weighted by Gasteiger charge is -2.35. The van der Waals surface area contributed by atoms with E-state index in [0.29, 0.717) is 6.42 Å². The van der Waals surface area contributed by atoms with Gasteiger partial charge in [-0.05, 0) is 31.9 Å². The molecule has 2 atom stereocenters. The Kier molecular flexibility index (Phi) is 5.78. The third kappa shape index (κ3) is 3.92. The number of carbonyl (C=O) groups is 1. The van der Waals surface area contributed by atoms with E-state index in [9.17, 15) is 9.00 Å². The number of rotatable bonds is 4. The molecule has 2 aliphatic rings. The van der Waals surface area contributed by atoms with Crippen LogP contribution in [0, 0.1) is 12.8 Å². The number of carbonyl (C=O) groups excluding carboxylic acids is 1. The van der Waals surface area contributed by atoms with Crippen molar-refractivity contribution in [3.63, 3.8) is 0 Å². The maximum atomic E-state index is 13.1. The quantitative estimate of drug-likeness (QED) is 0.733. The standard InChI is InChI=1S/C18H22O3S3/c1-13-3-5-15(6-4-13)24(20)16-7-8-18(22-9-10-23-18)12-14(16)11-17(19)21-2/h3-7,14H,8-12H2,1-2H3/t14-,24+/m1/s1. The van der Waals surface area contributed by atoms with E-state index in [4.69, 9.17) is 4.74 Å². The summed E-state index contributed by atoms with van der Waals surface area (Å²) >= 11 is 3.97. The second-order valence-corrected chi connectivity index (χ2v) is 10.9. The normalized spacial score (nSPS) is 23.8. The lowest BCUT2D eigenvalue weighted by atomic mass is 9.92. The van der Waals surface area contributed by atoms with E-state index in [0.717, 1.165) is 39.7 Å². The average molecular weight is 383 g/mol. The molecular weight excluding hydrogens is 360 g/mol. The van der Waals surface area contributed by atoms with Crippen LogP contribution in [0.25, 0.3) is 0 Å². The van der Waals surface area contributed by atoms with Crippen molar-refractivity contribution in [2.75, 3.05) is 18.6 Å². The fourth-order valence-electron chi connectivity index (χ4n) is 3.20. The molecule has 3 nitrogen and oxygen atoms in total. The van der Waals surface area contributed by atoms with Gasteiger partial charge in [-0.1, -0.05) is 23.8 Å². The maximum Gasteiger partial charge on any atom is 0.306 e. The van der Waals surface area contributed by atoms with E-state index in [-0.39, 0.29) is 16.0 Å². The molecule has 1 aromatic carbocycles. The molecule has 0 N–H and O–H groups in total. The Balaban J connectivity index is 1.87. The summed E-state index contributed by atoms with van der Waals surface area (Å²) in [5, 5.41) is 0. The van der Waals surface area contributed by atoms with Crippen LogP contribution < -0.4 is 0 Å². The van der Waals surface area contributed by atoms with Gasteiger partial charge in [-0.2, -0.15) is 0 Å². The number of thioether (sulfide) groups is 2. The Morgan fingerprint density at radius 3 is 2.58 bits per heavy atom. The molecule has 1 aliphatic heterocycles. The summed E-state index contributed by atoms with van der Waals surface area (Å²) in [4.78, 5) is 13.6. The zero-order valence-corrected chi connectivity index (χ0v) is 16.4. The summed E-state index contributed by atoms with van der Waals surface area (Å²) in [6.07, 6.45) is 4.25. The zero-order valence-electron chi connectivity index (χ0n) is 13.9. The van der Waals surface area contributed by atoms with Crippen LogP contribution >= 0.6 is 23.5 Å². The van der Waals surface area contributed by atoms with Gasteiger partial charge in [-0.15, -0.1) is 23.5 Å². The van der Waals surface area contributed by atoms with Gasteiger partial charge in [-0.3, -0.25) is 4.79 Å². The number of aryl methyl sites for hydroxylation is 1. The molecule has 0 radical (unpaired) electrons. The van der Waals surface area contributed by atoms with Crippen LogP contribution in [-0.4, -0.2) is 32.9 Å². The number of ether oxygens (including phenoxy) is 1. The van der Waals surface area contributed by atoms with E-state index < -0.39 is 10.8 Å². The number of hydrogen-bond acceptors (Lipinski definition) is 5. The predicted octanol–water partition coefficient (Wildman–Crippen LogP) is 4.14. The molecule has 130 valence electrons. The summed E-state index contributed by atoms with van der Waals surface area (Å²) in [6.45, 7) is 2.02. The van der Waals surface area contributed by atoms with Crippen molar-refractivity contribution in [3.05, 3.63) is 40.8 Å². The molecular formula is C18H22O3S3. The minimum absolute atomic E-state index is 0.00793. The predicted molar refractivity (Wildman–Crippen MR) is 103 cm³/mol. The molecule has 1 fully saturated rings. The lowest BCUT2D eigenvalue weighted by molar-refractivity contribution is -0.141. The molecule has 1 aromatic rings. The Bertz CT molecular complexity index is 661. The largest absolute Gasteiger partial charge is 0.469 e. The van der Waals surface area contributed by atoms with Crippen molar-refractivity contribution in [2.24, 2.45) is 5.92 Å². The minimum atomic E-state index is -1.21. The molecule has 0 bridgehead atoms. The number of allylic oxidation sites excluding steroid dienone is 2. The van der Waals surface area contributed by atoms with Crippen molar-refractivity contribution >= 4 is 40.3 Å². The van der Waals surface area contributed by atoms with Crippen LogP contribution in [-0.2, 0) is 20.3 Å². The zero-order chi connectivity index (χ0) is 17.2. The fourth-order valence-corrected chi connectivity index (χ4v) is 7.84. The molecule has 1 aliphatic carbocycles. The van der Waals surface area contributed by atoms with Crippen LogP contribution in [0.15, 0.2) is 40.1 Å². The van der Waals surface area contributed by atoms with Crippen molar-refractivity contribution in [3.8, 4) is 0 Å². The van der Waals surface area contributed by atoms with Gasteiger partial charge in [0, 0.05) is 27.2 Å². The second-order valence-electron chi connectivity index (χ2n) is 6.18. The summed E-state index contributed by atoms with van der Waals surface area (Å²) in [6, 6.07) is 7.81. The van der Waals surface area contributed by atoms with Crippen molar-refractivity contribution in [1.82, 2.24) is 0 Å². The van der Waals surface area contributed by atoms with Crippen molar-refractivity contribution in [2.45, 2.75) is 35.2 Å². The molecule has 0 amide bonds. The van der Waals surface area contributed by atoms with Gasteiger partial charge in [0.1, 0.15) is 0 Å². The second kappa shape index (κ2) is 7.67. The van der Waals surface area contributed by atoms with Crippen molar-refractivity contribution < 1.29 is 13.7 Å². The summed E-state index contributed by atoms with van der Waals surface area (Å²) in [5.74, 6) is 2.07. The SMILES string of the molecule is COC(=O)C[C@@H]1CC2(CC=C1[S@@](=O)c1ccc(C)cc1)SCCS2. The first-order valence-electron chi connectivity index (χ1n) is 8.06. The first-order chi connectivity index (χ1) is 11.5. The van der Waals surface area contributed by atoms with Gasteiger partial charge in [0.2, 0.25) is 0 Å². The van der Waals surface area contributed by atoms with Gasteiger partial charge in [0.05, 0.1) is 28.4 Å². The third-order valence-corrected chi connectivity index (χ3v) is 9.61. The molecule has 0 saturated carbocycles. The maximum absolute atomic E-state index is 13.1. The van der Waals surface area contributed by atoms with Crippen LogP contribution in [0.2, 0.25) is 0 Å². The van der Waals surface area contributed by atoms with Gasteiger partial charge in [0.15, 0.2) is 0 Å². The minimum Gasteiger partial charge on any atom is -0.469 e. The van der Waals surface area contributed by atoms with E-state index in [2.05, 4.69) is 6.08 Å². The van der Waals surface area contributed by atoms with Gasteiger partial charge < -0.3 is 4.74 Å². The Hall–Kier alpha value is -0.720. The molecule has 1 saturated heterocycles. The molecule has 0 unspecified atom stereocenters. The topological polar surface area (TPSA) is 43.4 Å². The van der Waals surface area contributed by atoms with Crippen LogP contribution in [0.1, 0.15) is 24.8 Å². The monoisotopic (exact) mass is 382 g/mol. The van der Waals surface area contributed by atoms with E-state index in [1.807, 2.05) is 54.7 Å². The number of methoxy groups -OCH3 is 1. The van der Waals surface area contributed by atoms with Gasteiger partial charge in [0.25, 0.3) is 0 Å². The Labute approximate surface area is 154 Å². The summed E-state index contributed by atoms with van der Waals surface area (Å²) in [5.41, 5.74) is 1.15. The highest BCUT2D eigenvalue weighted by Gasteiger charge is 2.42. The highest BCUT2D eigenvalue weighted by molar-refractivity contribution is 8.21. The highest BCUT2D eigenvalue weighted by atomic mass is 32.2. The highest BCUT2D eigenvalue weighted by Crippen LogP contribution is 2.54. The molecule has 1 spiro atoms. The fraction of sp³-hybridized carbons (Fsp3) is 0.500.